The second-order valence-electron chi connectivity index (χ2n) is 5.72. The van der Waals surface area contributed by atoms with Gasteiger partial charge >= 0.3 is 0 Å². The van der Waals surface area contributed by atoms with Gasteiger partial charge in [-0.3, -0.25) is 0 Å². The molecule has 3 aromatic rings. The van der Waals surface area contributed by atoms with E-state index >= 15 is 0 Å². The van der Waals surface area contributed by atoms with Crippen LogP contribution in [0.3, 0.4) is 0 Å². The molecular formula is C18H21N5O. The normalized spacial score (nSPS) is 12.0. The molecule has 124 valence electrons. The number of hydrogen-bond acceptors (Lipinski definition) is 5. The van der Waals surface area contributed by atoms with E-state index in [1.54, 1.807) is 13.3 Å². The van der Waals surface area contributed by atoms with Crippen LogP contribution in [0, 0.1) is 13.8 Å². The minimum absolute atomic E-state index is 0.155. The molecule has 6 heteroatoms. The van der Waals surface area contributed by atoms with Crippen molar-refractivity contribution < 1.29 is 4.74 Å². The third kappa shape index (κ3) is 3.37. The lowest BCUT2D eigenvalue weighted by Crippen LogP contribution is -2.18. The Hall–Kier alpha value is -2.89. The average Bonchev–Trinajstić information content (AvgIpc) is 2.98. The predicted molar refractivity (Wildman–Crippen MR) is 93.2 cm³/mol. The van der Waals surface area contributed by atoms with Crippen LogP contribution in [0.2, 0.25) is 0 Å². The predicted octanol–water partition coefficient (Wildman–Crippen LogP) is 3.04. The fourth-order valence-electron chi connectivity index (χ4n) is 2.67. The van der Waals surface area contributed by atoms with E-state index in [0.29, 0.717) is 5.95 Å². The van der Waals surface area contributed by atoms with E-state index in [1.807, 2.05) is 62.0 Å². The van der Waals surface area contributed by atoms with Crippen LogP contribution in [0.5, 0.6) is 5.75 Å². The summed E-state index contributed by atoms with van der Waals surface area (Å²) in [6.45, 7) is 3.92. The van der Waals surface area contributed by atoms with Crippen LogP contribution in [0.25, 0.3) is 0 Å². The maximum Gasteiger partial charge on any atom is 0.223 e. The number of methoxy groups -OCH3 is 1. The summed E-state index contributed by atoms with van der Waals surface area (Å²) in [5.74, 6) is 2.30. The maximum atomic E-state index is 5.25. The summed E-state index contributed by atoms with van der Waals surface area (Å²) in [6.07, 6.45) is 3.71. The molecule has 2 aromatic heterocycles. The number of imidazole rings is 1. The molecule has 0 saturated carbocycles. The smallest absolute Gasteiger partial charge is 0.223 e. The molecule has 1 atom stereocenters. The second-order valence-corrected chi connectivity index (χ2v) is 5.72. The van der Waals surface area contributed by atoms with Gasteiger partial charge in [-0.05, 0) is 37.6 Å². The van der Waals surface area contributed by atoms with Crippen LogP contribution in [0.15, 0.2) is 42.7 Å². The molecular weight excluding hydrogens is 302 g/mol. The van der Waals surface area contributed by atoms with E-state index in [0.717, 1.165) is 28.5 Å². The molecule has 0 radical (unpaired) electrons. The SMILES string of the molecule is COc1ccc([C@H](Nc2nc(C)cc(C)n2)c2nccn2C)cc1. The highest BCUT2D eigenvalue weighted by atomic mass is 16.5. The lowest BCUT2D eigenvalue weighted by atomic mass is 10.1. The van der Waals surface area contributed by atoms with Gasteiger partial charge in [-0.1, -0.05) is 12.1 Å². The number of aromatic nitrogens is 4. The van der Waals surface area contributed by atoms with Gasteiger partial charge in [0.25, 0.3) is 0 Å². The molecule has 1 N–H and O–H groups in total. The first-order chi connectivity index (χ1) is 11.6. The molecule has 24 heavy (non-hydrogen) atoms. The van der Waals surface area contributed by atoms with Crippen LogP contribution < -0.4 is 10.1 Å². The Kier molecular flexibility index (Phi) is 4.46. The van der Waals surface area contributed by atoms with E-state index < -0.39 is 0 Å². The van der Waals surface area contributed by atoms with Gasteiger partial charge in [-0.15, -0.1) is 0 Å². The number of benzene rings is 1. The summed E-state index contributed by atoms with van der Waals surface area (Å²) in [7, 11) is 3.63. The second kappa shape index (κ2) is 6.70. The fraction of sp³-hybridized carbons (Fsp3) is 0.278. The molecule has 0 bridgehead atoms. The van der Waals surface area contributed by atoms with E-state index in [2.05, 4.69) is 20.3 Å². The monoisotopic (exact) mass is 323 g/mol. The summed E-state index contributed by atoms with van der Waals surface area (Å²) < 4.78 is 7.24. The van der Waals surface area contributed by atoms with Crippen molar-refractivity contribution >= 4 is 5.95 Å². The van der Waals surface area contributed by atoms with Crippen molar-refractivity contribution in [1.29, 1.82) is 0 Å². The molecule has 0 saturated heterocycles. The number of anilines is 1. The number of aryl methyl sites for hydroxylation is 3. The van der Waals surface area contributed by atoms with Crippen molar-refractivity contribution in [2.24, 2.45) is 7.05 Å². The van der Waals surface area contributed by atoms with Crippen LogP contribution >= 0.6 is 0 Å². The number of hydrogen-bond donors (Lipinski definition) is 1. The van der Waals surface area contributed by atoms with Crippen LogP contribution in [0.1, 0.15) is 28.8 Å². The lowest BCUT2D eigenvalue weighted by molar-refractivity contribution is 0.414. The topological polar surface area (TPSA) is 64.9 Å². The van der Waals surface area contributed by atoms with Crippen molar-refractivity contribution in [1.82, 2.24) is 19.5 Å². The fourth-order valence-corrected chi connectivity index (χ4v) is 2.67. The molecule has 0 fully saturated rings. The Morgan fingerprint density at radius 3 is 2.29 bits per heavy atom. The summed E-state index contributed by atoms with van der Waals surface area (Å²) in [4.78, 5) is 13.5. The Labute approximate surface area is 141 Å². The zero-order valence-corrected chi connectivity index (χ0v) is 14.3. The molecule has 0 aliphatic rings. The minimum Gasteiger partial charge on any atom is -0.497 e. The first kappa shape index (κ1) is 16.0. The van der Waals surface area contributed by atoms with Gasteiger partial charge in [0.15, 0.2) is 0 Å². The maximum absolute atomic E-state index is 5.25. The van der Waals surface area contributed by atoms with E-state index in [4.69, 9.17) is 4.74 Å². The Balaban J connectivity index is 2.00. The van der Waals surface area contributed by atoms with Gasteiger partial charge in [-0.2, -0.15) is 0 Å². The molecule has 0 aliphatic carbocycles. The van der Waals surface area contributed by atoms with Crippen molar-refractivity contribution in [3.63, 3.8) is 0 Å². The van der Waals surface area contributed by atoms with Gasteiger partial charge in [0, 0.05) is 30.8 Å². The Bertz CT molecular complexity index is 805. The molecule has 1 aromatic carbocycles. The molecule has 6 nitrogen and oxygen atoms in total. The summed E-state index contributed by atoms with van der Waals surface area (Å²) in [6, 6.07) is 9.72. The Morgan fingerprint density at radius 2 is 1.75 bits per heavy atom. The largest absolute Gasteiger partial charge is 0.497 e. The summed E-state index contributed by atoms with van der Waals surface area (Å²) >= 11 is 0. The minimum atomic E-state index is -0.155. The van der Waals surface area contributed by atoms with Crippen LogP contribution in [-0.4, -0.2) is 26.6 Å². The van der Waals surface area contributed by atoms with Crippen molar-refractivity contribution in [3.05, 3.63) is 65.5 Å². The van der Waals surface area contributed by atoms with Gasteiger partial charge in [-0.25, -0.2) is 15.0 Å². The highest BCUT2D eigenvalue weighted by Gasteiger charge is 2.19. The highest BCUT2D eigenvalue weighted by molar-refractivity contribution is 5.40. The number of rotatable bonds is 5. The van der Waals surface area contributed by atoms with Gasteiger partial charge < -0.3 is 14.6 Å². The lowest BCUT2D eigenvalue weighted by Gasteiger charge is -2.20. The average molecular weight is 323 g/mol. The molecule has 3 rings (SSSR count). The molecule has 0 amide bonds. The van der Waals surface area contributed by atoms with Gasteiger partial charge in [0.05, 0.1) is 7.11 Å². The van der Waals surface area contributed by atoms with Gasteiger partial charge in [0.1, 0.15) is 17.6 Å². The van der Waals surface area contributed by atoms with E-state index in [-0.39, 0.29) is 6.04 Å². The van der Waals surface area contributed by atoms with Crippen molar-refractivity contribution in [2.75, 3.05) is 12.4 Å². The molecule has 2 heterocycles. The summed E-state index contributed by atoms with van der Waals surface area (Å²) in [5, 5.41) is 3.41. The molecule has 0 spiro atoms. The Morgan fingerprint density at radius 1 is 1.08 bits per heavy atom. The number of ether oxygens (including phenoxy) is 1. The standard InChI is InChI=1S/C18H21N5O/c1-12-11-13(2)21-18(20-12)22-16(17-19-9-10-23(17)3)14-5-7-15(24-4)8-6-14/h5-11,16H,1-4H3,(H,20,21,22)/t16-/m0/s1. The van der Waals surface area contributed by atoms with E-state index in [1.165, 1.54) is 0 Å². The third-order valence-electron chi connectivity index (χ3n) is 3.82. The zero-order valence-electron chi connectivity index (χ0n) is 14.3. The van der Waals surface area contributed by atoms with E-state index in [9.17, 15) is 0 Å². The molecule has 0 aliphatic heterocycles. The molecule has 0 unspecified atom stereocenters. The third-order valence-corrected chi connectivity index (χ3v) is 3.82. The van der Waals surface area contributed by atoms with Crippen LogP contribution in [0.4, 0.5) is 5.95 Å². The zero-order chi connectivity index (χ0) is 17.1. The first-order valence-corrected chi connectivity index (χ1v) is 7.77. The quantitative estimate of drug-likeness (QED) is 0.782. The number of nitrogens with zero attached hydrogens (tertiary/aromatic N) is 4. The number of nitrogens with one attached hydrogen (secondary N) is 1. The van der Waals surface area contributed by atoms with Crippen molar-refractivity contribution in [3.8, 4) is 5.75 Å². The van der Waals surface area contributed by atoms with Crippen LogP contribution in [-0.2, 0) is 7.05 Å². The van der Waals surface area contributed by atoms with Crippen molar-refractivity contribution in [2.45, 2.75) is 19.9 Å². The highest BCUT2D eigenvalue weighted by Crippen LogP contribution is 2.26. The summed E-state index contributed by atoms with van der Waals surface area (Å²) in [5.41, 5.74) is 2.92. The first-order valence-electron chi connectivity index (χ1n) is 7.77. The van der Waals surface area contributed by atoms with Gasteiger partial charge in [0.2, 0.25) is 5.95 Å².